The number of nitrogens with zero attached hydrogens (tertiary/aromatic N) is 3. The van der Waals surface area contributed by atoms with Crippen LogP contribution in [0.25, 0.3) is 10.9 Å². The summed E-state index contributed by atoms with van der Waals surface area (Å²) < 4.78 is 0.996. The lowest BCUT2D eigenvalue weighted by molar-refractivity contribution is 0.0746. The summed E-state index contributed by atoms with van der Waals surface area (Å²) in [6, 6.07) is 13.0. The number of benzene rings is 2. The summed E-state index contributed by atoms with van der Waals surface area (Å²) in [5.41, 5.74) is 2.28. The number of fused-ring (bicyclic) bond motifs is 1. The zero-order valence-corrected chi connectivity index (χ0v) is 16.5. The number of rotatable bonds is 2. The highest BCUT2D eigenvalue weighted by Crippen LogP contribution is 2.19. The summed E-state index contributed by atoms with van der Waals surface area (Å²) in [5.74, 6) is 0.593. The zero-order chi connectivity index (χ0) is 19.0. The van der Waals surface area contributed by atoms with E-state index < -0.39 is 0 Å². The number of anilines is 1. The van der Waals surface area contributed by atoms with Crippen LogP contribution in [0.1, 0.15) is 15.9 Å². The number of piperazine rings is 1. The molecule has 0 bridgehead atoms. The Hall–Kier alpha value is -2.67. The van der Waals surface area contributed by atoms with E-state index in [1.54, 1.807) is 6.07 Å². The second kappa shape index (κ2) is 7.15. The van der Waals surface area contributed by atoms with Gasteiger partial charge in [0.2, 0.25) is 5.95 Å². The van der Waals surface area contributed by atoms with Gasteiger partial charge in [-0.3, -0.25) is 14.6 Å². The van der Waals surface area contributed by atoms with Crippen molar-refractivity contribution in [1.29, 1.82) is 0 Å². The van der Waals surface area contributed by atoms with E-state index in [1.807, 2.05) is 53.1 Å². The van der Waals surface area contributed by atoms with Gasteiger partial charge in [-0.15, -0.1) is 0 Å². The monoisotopic (exact) mass is 426 g/mol. The molecule has 1 amide bonds. The first-order chi connectivity index (χ1) is 13.0. The number of amides is 1. The molecule has 7 heteroatoms. The van der Waals surface area contributed by atoms with Gasteiger partial charge >= 0.3 is 0 Å². The van der Waals surface area contributed by atoms with Crippen LogP contribution in [-0.2, 0) is 0 Å². The Morgan fingerprint density at radius 3 is 2.59 bits per heavy atom. The Morgan fingerprint density at radius 2 is 1.85 bits per heavy atom. The molecule has 0 radical (unpaired) electrons. The Bertz CT molecular complexity index is 1070. The van der Waals surface area contributed by atoms with Crippen molar-refractivity contribution in [2.45, 2.75) is 6.92 Å². The number of nitrogens with one attached hydrogen (secondary N) is 1. The Labute approximate surface area is 165 Å². The zero-order valence-electron chi connectivity index (χ0n) is 14.9. The van der Waals surface area contributed by atoms with Crippen LogP contribution in [0, 0.1) is 6.92 Å². The predicted molar refractivity (Wildman–Crippen MR) is 109 cm³/mol. The van der Waals surface area contributed by atoms with Gasteiger partial charge in [-0.05, 0) is 42.8 Å². The summed E-state index contributed by atoms with van der Waals surface area (Å²) in [6.07, 6.45) is 0. The smallest absolute Gasteiger partial charge is 0.260 e. The van der Waals surface area contributed by atoms with E-state index >= 15 is 0 Å². The highest BCUT2D eigenvalue weighted by Gasteiger charge is 2.24. The second-order valence-corrected chi connectivity index (χ2v) is 7.50. The number of carbonyl (C=O) groups is 1. The number of carbonyl (C=O) groups excluding carboxylic acids is 1. The minimum atomic E-state index is -0.139. The molecule has 138 valence electrons. The fraction of sp³-hybridized carbons (Fsp3) is 0.250. The Kier molecular flexibility index (Phi) is 4.70. The minimum Gasteiger partial charge on any atom is -0.339 e. The lowest BCUT2D eigenvalue weighted by atomic mass is 10.1. The maximum Gasteiger partial charge on any atom is 0.260 e. The lowest BCUT2D eigenvalue weighted by Gasteiger charge is -2.35. The quantitative estimate of drug-likeness (QED) is 0.683. The molecular weight excluding hydrogens is 408 g/mol. The molecule has 0 atom stereocenters. The molecule has 0 aliphatic carbocycles. The molecule has 6 nitrogen and oxygen atoms in total. The molecule has 3 aromatic rings. The summed E-state index contributed by atoms with van der Waals surface area (Å²) >= 11 is 3.46. The van der Waals surface area contributed by atoms with Crippen LogP contribution in [-0.4, -0.2) is 47.0 Å². The molecule has 27 heavy (non-hydrogen) atoms. The largest absolute Gasteiger partial charge is 0.339 e. The topological polar surface area (TPSA) is 69.3 Å². The molecule has 1 saturated heterocycles. The molecule has 0 saturated carbocycles. The van der Waals surface area contributed by atoms with Crippen LogP contribution < -0.4 is 10.5 Å². The van der Waals surface area contributed by atoms with Crippen molar-refractivity contribution >= 4 is 38.7 Å². The highest BCUT2D eigenvalue weighted by atomic mass is 79.9. The molecule has 0 spiro atoms. The van der Waals surface area contributed by atoms with Gasteiger partial charge in [0, 0.05) is 36.2 Å². The van der Waals surface area contributed by atoms with E-state index in [1.165, 1.54) is 0 Å². The maximum absolute atomic E-state index is 12.8. The molecule has 4 rings (SSSR count). The van der Waals surface area contributed by atoms with E-state index in [4.69, 9.17) is 0 Å². The van der Waals surface area contributed by atoms with E-state index in [2.05, 4.69) is 25.9 Å². The average molecular weight is 427 g/mol. The highest BCUT2D eigenvalue weighted by molar-refractivity contribution is 9.10. The van der Waals surface area contributed by atoms with Crippen molar-refractivity contribution in [2.75, 3.05) is 31.1 Å². The first-order valence-electron chi connectivity index (χ1n) is 8.82. The maximum atomic E-state index is 12.8. The van der Waals surface area contributed by atoms with Gasteiger partial charge in [-0.2, -0.15) is 0 Å². The number of hydrogen-bond donors (Lipinski definition) is 1. The van der Waals surface area contributed by atoms with E-state index in [0.29, 0.717) is 48.6 Å². The van der Waals surface area contributed by atoms with Gasteiger partial charge in [-0.1, -0.05) is 28.1 Å². The van der Waals surface area contributed by atoms with E-state index in [0.717, 1.165) is 10.0 Å². The van der Waals surface area contributed by atoms with Crippen molar-refractivity contribution in [2.24, 2.45) is 0 Å². The van der Waals surface area contributed by atoms with E-state index in [-0.39, 0.29) is 11.5 Å². The normalized spacial score (nSPS) is 14.6. The van der Waals surface area contributed by atoms with Crippen molar-refractivity contribution in [3.63, 3.8) is 0 Å². The Morgan fingerprint density at radius 1 is 1.11 bits per heavy atom. The van der Waals surface area contributed by atoms with Crippen molar-refractivity contribution in [3.8, 4) is 0 Å². The predicted octanol–water partition coefficient (Wildman–Crippen LogP) is 2.96. The number of aryl methyl sites for hydroxylation is 1. The van der Waals surface area contributed by atoms with Gasteiger partial charge in [0.1, 0.15) is 0 Å². The fourth-order valence-electron chi connectivity index (χ4n) is 3.31. The third kappa shape index (κ3) is 3.47. The first kappa shape index (κ1) is 17.7. The number of para-hydroxylation sites is 1. The third-order valence-corrected chi connectivity index (χ3v) is 5.76. The van der Waals surface area contributed by atoms with Crippen LogP contribution in [0.5, 0.6) is 0 Å². The van der Waals surface area contributed by atoms with Crippen LogP contribution in [0.4, 0.5) is 5.95 Å². The summed E-state index contributed by atoms with van der Waals surface area (Å²) in [5, 5.41) is 0.584. The summed E-state index contributed by atoms with van der Waals surface area (Å²) in [7, 11) is 0. The van der Waals surface area contributed by atoms with Crippen LogP contribution in [0.2, 0.25) is 0 Å². The van der Waals surface area contributed by atoms with Crippen molar-refractivity contribution < 1.29 is 4.79 Å². The number of halogens is 1. The minimum absolute atomic E-state index is 0.0326. The molecule has 1 aromatic heterocycles. The van der Waals surface area contributed by atoms with Crippen molar-refractivity contribution in [1.82, 2.24) is 14.9 Å². The van der Waals surface area contributed by atoms with Crippen LogP contribution >= 0.6 is 15.9 Å². The summed E-state index contributed by atoms with van der Waals surface area (Å²) in [6.45, 7) is 4.40. The van der Waals surface area contributed by atoms with Gasteiger partial charge in [0.05, 0.1) is 10.9 Å². The van der Waals surface area contributed by atoms with Crippen LogP contribution in [0.15, 0.2) is 51.7 Å². The fourth-order valence-corrected chi connectivity index (χ4v) is 3.55. The molecular formula is C20H19BrN4O2. The molecule has 1 N–H and O–H groups in total. The van der Waals surface area contributed by atoms with Gasteiger partial charge < -0.3 is 9.80 Å². The molecule has 2 heterocycles. The second-order valence-electron chi connectivity index (χ2n) is 6.65. The number of H-pyrrole nitrogens is 1. The molecule has 1 aliphatic rings. The number of aromatic amines is 1. The standard InChI is InChI=1S/C20H19BrN4O2/c1-13-12-14(6-7-16(13)21)19(27)24-8-10-25(11-9-24)20-22-17-5-3-2-4-15(17)18(26)23-20/h2-7,12H,8-11H2,1H3,(H,22,23,26). The molecule has 1 aliphatic heterocycles. The number of aromatic nitrogens is 2. The van der Waals surface area contributed by atoms with Crippen LogP contribution in [0.3, 0.4) is 0 Å². The third-order valence-electron chi connectivity index (χ3n) is 4.87. The van der Waals surface area contributed by atoms with Gasteiger partial charge in [0.15, 0.2) is 0 Å². The van der Waals surface area contributed by atoms with Crippen molar-refractivity contribution in [3.05, 3.63) is 68.4 Å². The molecule has 0 unspecified atom stereocenters. The Balaban J connectivity index is 1.49. The lowest BCUT2D eigenvalue weighted by Crippen LogP contribution is -2.49. The SMILES string of the molecule is Cc1cc(C(=O)N2CCN(c3nc4ccccc4c(=O)[nH]3)CC2)ccc1Br. The number of hydrogen-bond acceptors (Lipinski definition) is 4. The summed E-state index contributed by atoms with van der Waals surface area (Å²) in [4.78, 5) is 36.3. The van der Waals surface area contributed by atoms with Gasteiger partial charge in [-0.25, -0.2) is 4.98 Å². The first-order valence-corrected chi connectivity index (χ1v) is 9.61. The van der Waals surface area contributed by atoms with Gasteiger partial charge in [0.25, 0.3) is 11.5 Å². The average Bonchev–Trinajstić information content (AvgIpc) is 2.69. The molecule has 2 aromatic carbocycles. The van der Waals surface area contributed by atoms with E-state index in [9.17, 15) is 9.59 Å². The molecule has 1 fully saturated rings.